The highest BCUT2D eigenvalue weighted by Crippen LogP contribution is 2.23. The number of benzene rings is 1. The zero-order valence-electron chi connectivity index (χ0n) is 13.8. The Morgan fingerprint density at radius 1 is 1.46 bits per heavy atom. The number of hydrogen-bond donors (Lipinski definition) is 1. The number of aromatic nitrogens is 2. The molecule has 0 saturated carbocycles. The molecule has 5 nitrogen and oxygen atoms in total. The van der Waals surface area contributed by atoms with Crippen LogP contribution in [0.2, 0.25) is 5.02 Å². The number of amides is 1. The van der Waals surface area contributed by atoms with Gasteiger partial charge in [0.1, 0.15) is 0 Å². The van der Waals surface area contributed by atoms with Crippen LogP contribution in [-0.4, -0.2) is 34.9 Å². The number of nitrogens with one attached hydrogen (secondary N) is 1. The van der Waals surface area contributed by atoms with Crippen molar-refractivity contribution in [3.8, 4) is 5.69 Å². The summed E-state index contributed by atoms with van der Waals surface area (Å²) in [6.45, 7) is 3.41. The first-order valence-corrected chi connectivity index (χ1v) is 8.80. The zero-order chi connectivity index (χ0) is 16.9. The number of ether oxygens (including phenoxy) is 1. The van der Waals surface area contributed by atoms with Crippen LogP contribution in [-0.2, 0) is 11.2 Å². The second-order valence-electron chi connectivity index (χ2n) is 5.96. The van der Waals surface area contributed by atoms with Crippen LogP contribution in [0.4, 0.5) is 0 Å². The zero-order valence-corrected chi connectivity index (χ0v) is 14.6. The van der Waals surface area contributed by atoms with Crippen LogP contribution in [0.15, 0.2) is 30.5 Å². The number of nitrogens with zero attached hydrogens (tertiary/aromatic N) is 2. The normalized spacial score (nSPS) is 17.2. The molecule has 1 atom stereocenters. The minimum Gasteiger partial charge on any atom is -0.376 e. The molecule has 1 N–H and O–H groups in total. The van der Waals surface area contributed by atoms with Gasteiger partial charge in [-0.1, -0.05) is 37.1 Å². The second kappa shape index (κ2) is 7.81. The lowest BCUT2D eigenvalue weighted by atomic mass is 10.1. The SMILES string of the molecule is CCCc1c(C(=O)NCC2CCCO2)cnn1-c1ccccc1Cl. The molecule has 128 valence electrons. The number of hydrogen-bond acceptors (Lipinski definition) is 3. The lowest BCUT2D eigenvalue weighted by molar-refractivity contribution is 0.0857. The van der Waals surface area contributed by atoms with Crippen molar-refractivity contribution in [3.05, 3.63) is 46.7 Å². The highest BCUT2D eigenvalue weighted by atomic mass is 35.5. The van der Waals surface area contributed by atoms with Crippen molar-refractivity contribution in [1.29, 1.82) is 0 Å². The molecule has 1 saturated heterocycles. The average Bonchev–Trinajstić information content (AvgIpc) is 3.23. The van der Waals surface area contributed by atoms with E-state index in [1.165, 1.54) is 0 Å². The van der Waals surface area contributed by atoms with E-state index in [1.807, 2.05) is 24.3 Å². The van der Waals surface area contributed by atoms with Crippen LogP contribution in [0.25, 0.3) is 5.69 Å². The van der Waals surface area contributed by atoms with Crippen molar-refractivity contribution < 1.29 is 9.53 Å². The molecule has 6 heteroatoms. The second-order valence-corrected chi connectivity index (χ2v) is 6.37. The summed E-state index contributed by atoms with van der Waals surface area (Å²) in [5.74, 6) is -0.104. The summed E-state index contributed by atoms with van der Waals surface area (Å²) in [4.78, 5) is 12.6. The fraction of sp³-hybridized carbons (Fsp3) is 0.444. The first kappa shape index (κ1) is 17.0. The molecule has 1 aliphatic heterocycles. The molecule has 0 bridgehead atoms. The summed E-state index contributed by atoms with van der Waals surface area (Å²) in [5.41, 5.74) is 2.28. The third-order valence-electron chi connectivity index (χ3n) is 4.20. The molecule has 2 heterocycles. The Hall–Kier alpha value is -1.85. The molecule has 0 radical (unpaired) electrons. The molecule has 3 rings (SSSR count). The average molecular weight is 348 g/mol. The summed E-state index contributed by atoms with van der Waals surface area (Å²) in [6.07, 6.45) is 5.49. The van der Waals surface area contributed by atoms with Crippen molar-refractivity contribution in [1.82, 2.24) is 15.1 Å². The van der Waals surface area contributed by atoms with Crippen LogP contribution >= 0.6 is 11.6 Å². The molecule has 0 spiro atoms. The van der Waals surface area contributed by atoms with Gasteiger partial charge in [-0.05, 0) is 31.4 Å². The van der Waals surface area contributed by atoms with Crippen molar-refractivity contribution in [2.24, 2.45) is 0 Å². The van der Waals surface area contributed by atoms with Crippen molar-refractivity contribution >= 4 is 17.5 Å². The van der Waals surface area contributed by atoms with Gasteiger partial charge in [0, 0.05) is 13.2 Å². The molecule has 1 aromatic carbocycles. The first-order valence-electron chi connectivity index (χ1n) is 8.42. The maximum Gasteiger partial charge on any atom is 0.254 e. The van der Waals surface area contributed by atoms with Crippen LogP contribution in [0.3, 0.4) is 0 Å². The fourth-order valence-electron chi connectivity index (χ4n) is 2.98. The molecule has 24 heavy (non-hydrogen) atoms. The molecular weight excluding hydrogens is 326 g/mol. The highest BCUT2D eigenvalue weighted by molar-refractivity contribution is 6.32. The van der Waals surface area contributed by atoms with Gasteiger partial charge in [-0.3, -0.25) is 4.79 Å². The van der Waals surface area contributed by atoms with Gasteiger partial charge in [-0.25, -0.2) is 4.68 Å². The summed E-state index contributed by atoms with van der Waals surface area (Å²) in [6, 6.07) is 7.52. The van der Waals surface area contributed by atoms with E-state index in [2.05, 4.69) is 17.3 Å². The number of carbonyl (C=O) groups is 1. The van der Waals surface area contributed by atoms with Gasteiger partial charge < -0.3 is 10.1 Å². The number of carbonyl (C=O) groups excluding carboxylic acids is 1. The predicted octanol–water partition coefficient (Wildman–Crippen LogP) is 3.39. The van der Waals surface area contributed by atoms with E-state index < -0.39 is 0 Å². The van der Waals surface area contributed by atoms with E-state index in [0.717, 1.165) is 43.7 Å². The van der Waals surface area contributed by atoms with Crippen molar-refractivity contribution in [3.63, 3.8) is 0 Å². The predicted molar refractivity (Wildman–Crippen MR) is 93.9 cm³/mol. The summed E-state index contributed by atoms with van der Waals surface area (Å²) in [5, 5.41) is 7.99. The Morgan fingerprint density at radius 3 is 3.00 bits per heavy atom. The van der Waals surface area contributed by atoms with Crippen LogP contribution in [0.5, 0.6) is 0 Å². The Morgan fingerprint density at radius 2 is 2.29 bits per heavy atom. The molecule has 1 fully saturated rings. The van der Waals surface area contributed by atoms with Crippen LogP contribution in [0.1, 0.15) is 42.2 Å². The Balaban J connectivity index is 1.82. The molecule has 1 aromatic heterocycles. The minimum atomic E-state index is -0.104. The highest BCUT2D eigenvalue weighted by Gasteiger charge is 2.21. The Labute approximate surface area is 147 Å². The third-order valence-corrected chi connectivity index (χ3v) is 4.51. The van der Waals surface area contributed by atoms with Gasteiger partial charge in [0.2, 0.25) is 0 Å². The van der Waals surface area contributed by atoms with E-state index in [-0.39, 0.29) is 12.0 Å². The number of halogens is 1. The molecule has 2 aromatic rings. The van der Waals surface area contributed by atoms with Gasteiger partial charge in [-0.2, -0.15) is 5.10 Å². The van der Waals surface area contributed by atoms with E-state index in [4.69, 9.17) is 16.3 Å². The summed E-state index contributed by atoms with van der Waals surface area (Å²) >= 11 is 6.29. The molecule has 1 amide bonds. The Bertz CT molecular complexity index is 708. The number of rotatable bonds is 6. The molecule has 0 aliphatic carbocycles. The standard InChI is InChI=1S/C18H22ClN3O2/c1-2-6-16-14(18(23)20-11-13-7-5-10-24-13)12-21-22(16)17-9-4-3-8-15(17)19/h3-4,8-9,12-13H,2,5-7,10-11H2,1H3,(H,20,23). The van der Waals surface area contributed by atoms with Crippen LogP contribution < -0.4 is 5.32 Å². The van der Waals surface area contributed by atoms with E-state index in [9.17, 15) is 4.79 Å². The van der Waals surface area contributed by atoms with E-state index >= 15 is 0 Å². The van der Waals surface area contributed by atoms with Gasteiger partial charge in [-0.15, -0.1) is 0 Å². The minimum absolute atomic E-state index is 0.104. The van der Waals surface area contributed by atoms with Gasteiger partial charge in [0.15, 0.2) is 0 Å². The lowest BCUT2D eigenvalue weighted by Crippen LogP contribution is -2.32. The number of para-hydroxylation sites is 1. The largest absolute Gasteiger partial charge is 0.376 e. The molecule has 1 aliphatic rings. The lowest BCUT2D eigenvalue weighted by Gasteiger charge is -2.12. The van der Waals surface area contributed by atoms with Gasteiger partial charge in [0.05, 0.1) is 34.3 Å². The monoisotopic (exact) mass is 347 g/mol. The molecular formula is C18H22ClN3O2. The third kappa shape index (κ3) is 3.62. The van der Waals surface area contributed by atoms with Crippen molar-refractivity contribution in [2.75, 3.05) is 13.2 Å². The summed E-state index contributed by atoms with van der Waals surface area (Å²) < 4.78 is 7.32. The maximum absolute atomic E-state index is 12.6. The first-order chi connectivity index (χ1) is 11.7. The maximum atomic E-state index is 12.6. The topological polar surface area (TPSA) is 56.1 Å². The Kier molecular flexibility index (Phi) is 5.53. The smallest absolute Gasteiger partial charge is 0.254 e. The summed E-state index contributed by atoms with van der Waals surface area (Å²) in [7, 11) is 0. The fourth-order valence-corrected chi connectivity index (χ4v) is 3.19. The van der Waals surface area contributed by atoms with Crippen molar-refractivity contribution in [2.45, 2.75) is 38.7 Å². The van der Waals surface area contributed by atoms with Crippen LogP contribution in [0, 0.1) is 0 Å². The van der Waals surface area contributed by atoms with Gasteiger partial charge >= 0.3 is 0 Å². The van der Waals surface area contributed by atoms with E-state index in [0.29, 0.717) is 17.1 Å². The van der Waals surface area contributed by atoms with E-state index in [1.54, 1.807) is 10.9 Å². The molecule has 1 unspecified atom stereocenters. The quantitative estimate of drug-likeness (QED) is 0.871. The van der Waals surface area contributed by atoms with Gasteiger partial charge in [0.25, 0.3) is 5.91 Å².